The first kappa shape index (κ1) is 13.8. The molecule has 1 amide bonds. The number of carbonyl (C=O) groups is 1. The van der Waals surface area contributed by atoms with E-state index in [1.165, 1.54) is 0 Å². The minimum atomic E-state index is -0.000918. The summed E-state index contributed by atoms with van der Waals surface area (Å²) in [6, 6.07) is 3.73. The first-order valence-electron chi connectivity index (χ1n) is 6.33. The maximum atomic E-state index is 11.8. The molecule has 0 bridgehead atoms. The van der Waals surface area contributed by atoms with Crippen LogP contribution >= 0.6 is 0 Å². The lowest BCUT2D eigenvalue weighted by Crippen LogP contribution is -2.26. The molecule has 1 aromatic rings. The van der Waals surface area contributed by atoms with E-state index in [0.29, 0.717) is 6.54 Å². The summed E-state index contributed by atoms with van der Waals surface area (Å²) in [6.45, 7) is 3.80. The summed E-state index contributed by atoms with van der Waals surface area (Å²) in [7, 11) is 0. The van der Waals surface area contributed by atoms with Crippen molar-refractivity contribution in [2.75, 3.05) is 13.2 Å². The highest BCUT2D eigenvalue weighted by Crippen LogP contribution is 2.02. The van der Waals surface area contributed by atoms with E-state index in [2.05, 4.69) is 5.32 Å². The second-order valence-corrected chi connectivity index (χ2v) is 4.07. The predicted molar refractivity (Wildman–Crippen MR) is 68.0 cm³/mol. The summed E-state index contributed by atoms with van der Waals surface area (Å²) >= 11 is 0. The van der Waals surface area contributed by atoms with Crippen LogP contribution in [0.15, 0.2) is 18.3 Å². The van der Waals surface area contributed by atoms with Gasteiger partial charge < -0.3 is 15.0 Å². The first-order chi connectivity index (χ1) is 8.29. The number of aliphatic hydroxyl groups excluding tert-OH is 1. The Morgan fingerprint density at radius 3 is 2.82 bits per heavy atom. The summed E-state index contributed by atoms with van der Waals surface area (Å²) in [4.78, 5) is 11.8. The van der Waals surface area contributed by atoms with E-state index in [9.17, 15) is 4.79 Å². The molecule has 1 heterocycles. The van der Waals surface area contributed by atoms with Crippen molar-refractivity contribution in [1.82, 2.24) is 9.88 Å². The Kier molecular flexibility index (Phi) is 6.40. The molecule has 4 nitrogen and oxygen atoms in total. The fourth-order valence-electron chi connectivity index (χ4n) is 1.78. The van der Waals surface area contributed by atoms with Crippen molar-refractivity contribution in [2.45, 2.75) is 39.2 Å². The van der Waals surface area contributed by atoms with Gasteiger partial charge in [0.2, 0.25) is 0 Å². The van der Waals surface area contributed by atoms with Crippen molar-refractivity contribution >= 4 is 5.91 Å². The number of aliphatic hydroxyl groups is 1. The molecule has 4 heteroatoms. The van der Waals surface area contributed by atoms with E-state index < -0.39 is 0 Å². The lowest BCUT2D eigenvalue weighted by atomic mass is 10.2. The molecule has 2 N–H and O–H groups in total. The molecule has 0 aliphatic carbocycles. The summed E-state index contributed by atoms with van der Waals surface area (Å²) in [5, 5.41) is 11.5. The Labute approximate surface area is 103 Å². The number of rotatable bonds is 8. The van der Waals surface area contributed by atoms with Gasteiger partial charge in [0.1, 0.15) is 5.69 Å². The molecule has 0 unspecified atom stereocenters. The van der Waals surface area contributed by atoms with Crippen LogP contribution in [0.3, 0.4) is 0 Å². The number of nitrogens with zero attached hydrogens (tertiary/aromatic N) is 1. The molecular weight excluding hydrogens is 216 g/mol. The predicted octanol–water partition coefficient (Wildman–Crippen LogP) is 1.79. The van der Waals surface area contributed by atoms with Gasteiger partial charge >= 0.3 is 0 Å². The van der Waals surface area contributed by atoms with Crippen LogP contribution in [0.5, 0.6) is 0 Å². The van der Waals surface area contributed by atoms with Crippen LogP contribution in [0.4, 0.5) is 0 Å². The molecule has 96 valence electrons. The average Bonchev–Trinajstić information content (AvgIpc) is 2.81. The van der Waals surface area contributed by atoms with Gasteiger partial charge in [-0.05, 0) is 31.9 Å². The van der Waals surface area contributed by atoms with E-state index in [4.69, 9.17) is 5.11 Å². The third-order valence-electron chi connectivity index (χ3n) is 2.77. The summed E-state index contributed by atoms with van der Waals surface area (Å²) < 4.78 is 1.93. The highest BCUT2D eigenvalue weighted by atomic mass is 16.2. The zero-order valence-corrected chi connectivity index (χ0v) is 10.5. The molecule has 0 aliphatic rings. The quantitative estimate of drug-likeness (QED) is 0.678. The van der Waals surface area contributed by atoms with Gasteiger partial charge in [0.15, 0.2) is 0 Å². The molecule has 1 aromatic heterocycles. The molecule has 0 saturated carbocycles. The molecule has 0 saturated heterocycles. The Hall–Kier alpha value is -1.29. The van der Waals surface area contributed by atoms with Gasteiger partial charge in [-0.3, -0.25) is 4.79 Å². The van der Waals surface area contributed by atoms with Crippen LogP contribution in [-0.2, 0) is 6.54 Å². The fraction of sp³-hybridized carbons (Fsp3) is 0.615. The lowest BCUT2D eigenvalue weighted by molar-refractivity contribution is 0.0943. The van der Waals surface area contributed by atoms with Gasteiger partial charge in [0.05, 0.1) is 0 Å². The first-order valence-corrected chi connectivity index (χ1v) is 6.33. The Balaban J connectivity index is 2.21. The second kappa shape index (κ2) is 7.90. The van der Waals surface area contributed by atoms with E-state index in [1.807, 2.05) is 29.8 Å². The molecule has 0 atom stereocenters. The molecule has 0 spiro atoms. The smallest absolute Gasteiger partial charge is 0.267 e. The molecule has 0 aromatic carbocycles. The van der Waals surface area contributed by atoms with Crippen molar-refractivity contribution in [2.24, 2.45) is 0 Å². The zero-order valence-electron chi connectivity index (χ0n) is 10.5. The van der Waals surface area contributed by atoms with Crippen molar-refractivity contribution in [3.05, 3.63) is 24.0 Å². The summed E-state index contributed by atoms with van der Waals surface area (Å²) in [5.74, 6) is -0.000918. The largest absolute Gasteiger partial charge is 0.396 e. The molecule has 0 radical (unpaired) electrons. The maximum absolute atomic E-state index is 11.8. The van der Waals surface area contributed by atoms with Crippen molar-refractivity contribution in [3.8, 4) is 0 Å². The molecule has 0 fully saturated rings. The molecule has 0 aliphatic heterocycles. The van der Waals surface area contributed by atoms with Gasteiger partial charge in [-0.25, -0.2) is 0 Å². The van der Waals surface area contributed by atoms with Gasteiger partial charge in [-0.15, -0.1) is 0 Å². The van der Waals surface area contributed by atoms with Gasteiger partial charge in [-0.2, -0.15) is 0 Å². The van der Waals surface area contributed by atoms with Gasteiger partial charge in [0.25, 0.3) is 5.91 Å². The fourth-order valence-corrected chi connectivity index (χ4v) is 1.78. The monoisotopic (exact) mass is 238 g/mol. The molecule has 17 heavy (non-hydrogen) atoms. The zero-order chi connectivity index (χ0) is 12.5. The highest BCUT2D eigenvalue weighted by Gasteiger charge is 2.08. The van der Waals surface area contributed by atoms with Gasteiger partial charge in [-0.1, -0.05) is 12.8 Å². The standard InChI is InChI=1S/C13H22N2O2/c1-2-15-10-7-8-12(15)13(17)14-9-5-3-4-6-11-16/h7-8,10,16H,2-6,9,11H2,1H3,(H,14,17). The number of amides is 1. The maximum Gasteiger partial charge on any atom is 0.267 e. The normalized spacial score (nSPS) is 10.5. The van der Waals surface area contributed by atoms with E-state index in [0.717, 1.165) is 37.9 Å². The molecular formula is C13H22N2O2. The van der Waals surface area contributed by atoms with Crippen molar-refractivity contribution in [1.29, 1.82) is 0 Å². The highest BCUT2D eigenvalue weighted by molar-refractivity contribution is 5.92. The van der Waals surface area contributed by atoms with Crippen LogP contribution in [0.25, 0.3) is 0 Å². The Bertz CT molecular complexity index is 334. The summed E-state index contributed by atoms with van der Waals surface area (Å²) in [5.41, 5.74) is 0.725. The van der Waals surface area contributed by atoms with Crippen molar-refractivity contribution in [3.63, 3.8) is 0 Å². The number of carbonyl (C=O) groups excluding carboxylic acids is 1. The SMILES string of the molecule is CCn1cccc1C(=O)NCCCCCCO. The Morgan fingerprint density at radius 2 is 2.12 bits per heavy atom. The van der Waals surface area contributed by atoms with Gasteiger partial charge in [0, 0.05) is 25.9 Å². The van der Waals surface area contributed by atoms with Crippen molar-refractivity contribution < 1.29 is 9.90 Å². The number of aryl methyl sites for hydroxylation is 1. The minimum Gasteiger partial charge on any atom is -0.396 e. The van der Waals surface area contributed by atoms with Crippen LogP contribution in [0.1, 0.15) is 43.1 Å². The Morgan fingerprint density at radius 1 is 1.35 bits per heavy atom. The minimum absolute atomic E-state index is 0.000918. The number of aromatic nitrogens is 1. The van der Waals surface area contributed by atoms with Crippen LogP contribution in [-0.4, -0.2) is 28.7 Å². The van der Waals surface area contributed by atoms with Crippen LogP contribution < -0.4 is 5.32 Å². The third-order valence-corrected chi connectivity index (χ3v) is 2.77. The number of nitrogens with one attached hydrogen (secondary N) is 1. The van der Waals surface area contributed by atoms with E-state index in [1.54, 1.807) is 0 Å². The average molecular weight is 238 g/mol. The lowest BCUT2D eigenvalue weighted by Gasteiger charge is -2.07. The number of hydrogen-bond donors (Lipinski definition) is 2. The summed E-state index contributed by atoms with van der Waals surface area (Å²) in [6.07, 6.45) is 5.81. The van der Waals surface area contributed by atoms with Crippen LogP contribution in [0.2, 0.25) is 0 Å². The number of unbranched alkanes of at least 4 members (excludes halogenated alkanes) is 3. The molecule has 1 rings (SSSR count). The number of hydrogen-bond acceptors (Lipinski definition) is 2. The second-order valence-electron chi connectivity index (χ2n) is 4.07. The van der Waals surface area contributed by atoms with E-state index >= 15 is 0 Å². The third kappa shape index (κ3) is 4.61. The topological polar surface area (TPSA) is 54.3 Å². The van der Waals surface area contributed by atoms with E-state index in [-0.39, 0.29) is 12.5 Å². The van der Waals surface area contributed by atoms with Crippen LogP contribution in [0, 0.1) is 0 Å².